The molecule has 0 aromatic heterocycles. The SMILES string of the molecule is CCOC(=O)[C@H](CS)Nc1ccc(O)c2c1C(=O)c1ccccc1C2=O. The molecule has 6 nitrogen and oxygen atoms in total. The molecule has 0 unspecified atom stereocenters. The van der Waals surface area contributed by atoms with E-state index in [-0.39, 0.29) is 46.1 Å². The van der Waals surface area contributed by atoms with E-state index in [2.05, 4.69) is 17.9 Å². The van der Waals surface area contributed by atoms with Crippen molar-refractivity contribution in [2.24, 2.45) is 0 Å². The molecule has 2 aromatic carbocycles. The minimum Gasteiger partial charge on any atom is -0.507 e. The summed E-state index contributed by atoms with van der Waals surface area (Å²) in [5.74, 6) is -1.49. The van der Waals surface area contributed by atoms with Gasteiger partial charge in [-0.05, 0) is 19.1 Å². The molecule has 26 heavy (non-hydrogen) atoms. The Kier molecular flexibility index (Phi) is 4.99. The average molecular weight is 371 g/mol. The highest BCUT2D eigenvalue weighted by atomic mass is 32.1. The van der Waals surface area contributed by atoms with E-state index in [9.17, 15) is 19.5 Å². The van der Waals surface area contributed by atoms with Crippen molar-refractivity contribution < 1.29 is 24.2 Å². The van der Waals surface area contributed by atoms with Gasteiger partial charge in [-0.15, -0.1) is 0 Å². The van der Waals surface area contributed by atoms with Gasteiger partial charge in [0.25, 0.3) is 0 Å². The topological polar surface area (TPSA) is 92.7 Å². The van der Waals surface area contributed by atoms with Crippen molar-refractivity contribution in [2.45, 2.75) is 13.0 Å². The van der Waals surface area contributed by atoms with Crippen LogP contribution in [0.1, 0.15) is 38.8 Å². The van der Waals surface area contributed by atoms with Gasteiger partial charge in [0.2, 0.25) is 0 Å². The molecule has 7 heteroatoms. The summed E-state index contributed by atoms with van der Waals surface area (Å²) in [5.41, 5.74) is 0.758. The fourth-order valence-electron chi connectivity index (χ4n) is 2.94. The summed E-state index contributed by atoms with van der Waals surface area (Å²) in [5, 5.41) is 13.1. The Morgan fingerprint density at radius 2 is 1.73 bits per heavy atom. The van der Waals surface area contributed by atoms with E-state index >= 15 is 0 Å². The monoisotopic (exact) mass is 371 g/mol. The number of nitrogens with one attached hydrogen (secondary N) is 1. The van der Waals surface area contributed by atoms with Crippen molar-refractivity contribution in [3.8, 4) is 5.75 Å². The summed E-state index contributed by atoms with van der Waals surface area (Å²) in [6, 6.07) is 8.42. The van der Waals surface area contributed by atoms with E-state index in [1.165, 1.54) is 12.1 Å². The van der Waals surface area contributed by atoms with Crippen LogP contribution in [0.4, 0.5) is 5.69 Å². The second kappa shape index (κ2) is 7.21. The van der Waals surface area contributed by atoms with Crippen LogP contribution in [0, 0.1) is 0 Å². The summed E-state index contributed by atoms with van der Waals surface area (Å²) in [6.45, 7) is 1.90. The van der Waals surface area contributed by atoms with Gasteiger partial charge in [0.05, 0.1) is 17.7 Å². The first kappa shape index (κ1) is 18.0. The number of phenols is 1. The number of carbonyl (C=O) groups is 3. The van der Waals surface area contributed by atoms with Crippen molar-refractivity contribution in [3.63, 3.8) is 0 Å². The number of esters is 1. The average Bonchev–Trinajstić information content (AvgIpc) is 2.65. The molecule has 2 N–H and O–H groups in total. The number of thiol groups is 1. The molecule has 0 saturated carbocycles. The smallest absolute Gasteiger partial charge is 0.329 e. The molecule has 0 fully saturated rings. The Labute approximate surface area is 155 Å². The largest absolute Gasteiger partial charge is 0.507 e. The lowest BCUT2D eigenvalue weighted by Crippen LogP contribution is -2.34. The Bertz CT molecular complexity index is 909. The Balaban J connectivity index is 2.10. The maximum atomic E-state index is 13.0. The number of hydrogen-bond acceptors (Lipinski definition) is 7. The summed E-state index contributed by atoms with van der Waals surface area (Å²) in [4.78, 5) is 37.7. The van der Waals surface area contributed by atoms with Gasteiger partial charge in [0.1, 0.15) is 11.8 Å². The summed E-state index contributed by atoms with van der Waals surface area (Å²) < 4.78 is 4.99. The Hall–Kier alpha value is -2.80. The van der Waals surface area contributed by atoms with Crippen molar-refractivity contribution >= 4 is 35.9 Å². The van der Waals surface area contributed by atoms with Crippen molar-refractivity contribution in [3.05, 3.63) is 58.7 Å². The van der Waals surface area contributed by atoms with Gasteiger partial charge in [0.15, 0.2) is 11.6 Å². The van der Waals surface area contributed by atoms with Gasteiger partial charge in [-0.1, -0.05) is 24.3 Å². The second-order valence-electron chi connectivity index (χ2n) is 5.72. The maximum absolute atomic E-state index is 13.0. The van der Waals surface area contributed by atoms with Gasteiger partial charge < -0.3 is 15.2 Å². The summed E-state index contributed by atoms with van der Waals surface area (Å²) in [7, 11) is 0. The van der Waals surface area contributed by atoms with Crippen LogP contribution < -0.4 is 5.32 Å². The summed E-state index contributed by atoms with van der Waals surface area (Å²) >= 11 is 4.15. The van der Waals surface area contributed by atoms with Gasteiger partial charge in [-0.25, -0.2) is 4.79 Å². The summed E-state index contributed by atoms with van der Waals surface area (Å²) in [6.07, 6.45) is 0. The molecule has 1 aliphatic rings. The number of ether oxygens (including phenoxy) is 1. The Morgan fingerprint density at radius 1 is 1.12 bits per heavy atom. The lowest BCUT2D eigenvalue weighted by atomic mass is 9.82. The Morgan fingerprint density at radius 3 is 2.31 bits per heavy atom. The van der Waals surface area contributed by atoms with E-state index < -0.39 is 23.6 Å². The lowest BCUT2D eigenvalue weighted by Gasteiger charge is -2.23. The number of phenolic OH excluding ortho intramolecular Hbond substituents is 1. The van der Waals surface area contributed by atoms with Crippen molar-refractivity contribution in [1.29, 1.82) is 0 Å². The molecule has 1 atom stereocenters. The first-order chi connectivity index (χ1) is 12.5. The van der Waals surface area contributed by atoms with Crippen LogP contribution >= 0.6 is 12.6 Å². The predicted molar refractivity (Wildman–Crippen MR) is 99.3 cm³/mol. The lowest BCUT2D eigenvalue weighted by molar-refractivity contribution is -0.143. The molecule has 0 heterocycles. The van der Waals surface area contributed by atoms with Crippen molar-refractivity contribution in [2.75, 3.05) is 17.7 Å². The van der Waals surface area contributed by atoms with Crippen LogP contribution in [0.25, 0.3) is 0 Å². The highest BCUT2D eigenvalue weighted by molar-refractivity contribution is 7.80. The molecule has 0 aliphatic heterocycles. The van der Waals surface area contributed by atoms with Crippen LogP contribution in [0.15, 0.2) is 36.4 Å². The minimum absolute atomic E-state index is 0.0461. The standard InChI is InChI=1S/C19H17NO5S/c1-2-25-19(24)13(9-26)20-12-7-8-14(21)16-15(12)17(22)10-5-3-4-6-11(10)18(16)23/h3-8,13,20-21,26H,2,9H2,1H3/t13-/m0/s1. The second-order valence-corrected chi connectivity index (χ2v) is 6.08. The molecule has 134 valence electrons. The van der Waals surface area contributed by atoms with E-state index in [0.29, 0.717) is 0 Å². The molecule has 0 bridgehead atoms. The molecular formula is C19H17NO5S. The number of rotatable bonds is 5. The number of anilines is 1. The highest BCUT2D eigenvalue weighted by Gasteiger charge is 2.34. The number of fused-ring (bicyclic) bond motifs is 2. The maximum Gasteiger partial charge on any atom is 0.329 e. The zero-order valence-corrected chi connectivity index (χ0v) is 14.9. The van der Waals surface area contributed by atoms with Gasteiger partial charge in [0, 0.05) is 22.6 Å². The van der Waals surface area contributed by atoms with Crippen LogP contribution in [0.3, 0.4) is 0 Å². The first-order valence-electron chi connectivity index (χ1n) is 8.08. The van der Waals surface area contributed by atoms with Crippen LogP contribution in [-0.2, 0) is 9.53 Å². The zero-order chi connectivity index (χ0) is 18.8. The number of benzene rings is 2. The molecule has 1 aliphatic carbocycles. The van der Waals surface area contributed by atoms with Gasteiger partial charge in [-0.2, -0.15) is 12.6 Å². The zero-order valence-electron chi connectivity index (χ0n) is 14.0. The van der Waals surface area contributed by atoms with Gasteiger partial charge >= 0.3 is 5.97 Å². The fourth-order valence-corrected chi connectivity index (χ4v) is 3.18. The molecule has 0 saturated heterocycles. The van der Waals surface area contributed by atoms with E-state index in [0.717, 1.165) is 0 Å². The van der Waals surface area contributed by atoms with Gasteiger partial charge in [-0.3, -0.25) is 9.59 Å². The quantitative estimate of drug-likeness (QED) is 0.362. The molecule has 3 rings (SSSR count). The highest BCUT2D eigenvalue weighted by Crippen LogP contribution is 2.37. The van der Waals surface area contributed by atoms with E-state index in [1.807, 2.05) is 0 Å². The normalized spacial score (nSPS) is 13.6. The number of aromatic hydroxyl groups is 1. The van der Waals surface area contributed by atoms with Crippen LogP contribution in [0.2, 0.25) is 0 Å². The molecule has 0 radical (unpaired) electrons. The fraction of sp³-hybridized carbons (Fsp3) is 0.211. The number of ketones is 2. The number of carbonyl (C=O) groups excluding carboxylic acids is 3. The molecular weight excluding hydrogens is 354 g/mol. The first-order valence-corrected chi connectivity index (χ1v) is 8.71. The van der Waals surface area contributed by atoms with E-state index in [1.54, 1.807) is 31.2 Å². The molecule has 2 aromatic rings. The molecule has 0 spiro atoms. The third-order valence-corrected chi connectivity index (χ3v) is 4.50. The molecule has 0 amide bonds. The predicted octanol–water partition coefficient (Wildman–Crippen LogP) is 2.44. The van der Waals surface area contributed by atoms with Crippen LogP contribution in [-0.4, -0.2) is 41.0 Å². The third kappa shape index (κ3) is 2.94. The van der Waals surface area contributed by atoms with E-state index in [4.69, 9.17) is 4.74 Å². The van der Waals surface area contributed by atoms with Crippen LogP contribution in [0.5, 0.6) is 5.75 Å². The van der Waals surface area contributed by atoms with Crippen molar-refractivity contribution in [1.82, 2.24) is 0 Å². The number of hydrogen-bond donors (Lipinski definition) is 3. The third-order valence-electron chi connectivity index (χ3n) is 4.14. The minimum atomic E-state index is -0.799.